The second-order valence-electron chi connectivity index (χ2n) is 2.54. The predicted molar refractivity (Wildman–Crippen MR) is 54.1 cm³/mol. The molecule has 5 heteroatoms. The monoisotopic (exact) mass is 294 g/mol. The molecule has 0 atom stereocenters. The smallest absolute Gasteiger partial charge is 0.263 e. The Labute approximate surface area is 87.1 Å². The highest BCUT2D eigenvalue weighted by Crippen LogP contribution is 2.25. The Bertz CT molecular complexity index is 439. The van der Waals surface area contributed by atoms with Crippen molar-refractivity contribution in [2.24, 2.45) is 0 Å². The van der Waals surface area contributed by atoms with Crippen LogP contribution in [0.4, 0.5) is 8.78 Å². The van der Waals surface area contributed by atoms with Gasteiger partial charge in [-0.1, -0.05) is 12.1 Å². The number of rotatable bonds is 1. The van der Waals surface area contributed by atoms with Gasteiger partial charge in [-0.2, -0.15) is 0 Å². The van der Waals surface area contributed by atoms with Crippen LogP contribution in [0.25, 0.3) is 11.0 Å². The van der Waals surface area contributed by atoms with Crippen molar-refractivity contribution in [3.63, 3.8) is 0 Å². The second kappa shape index (κ2) is 3.21. The van der Waals surface area contributed by atoms with E-state index in [0.29, 0.717) is 5.52 Å². The minimum atomic E-state index is -2.52. The van der Waals surface area contributed by atoms with Crippen molar-refractivity contribution in [1.82, 2.24) is 7.76 Å². The van der Waals surface area contributed by atoms with Gasteiger partial charge in [-0.3, -0.25) is 2.78 Å². The van der Waals surface area contributed by atoms with Crippen LogP contribution < -0.4 is 0 Å². The van der Waals surface area contributed by atoms with Crippen molar-refractivity contribution >= 4 is 33.9 Å². The summed E-state index contributed by atoms with van der Waals surface area (Å²) < 4.78 is 26.1. The number of nitrogens with zero attached hydrogens (tertiary/aromatic N) is 2. The first-order valence-electron chi connectivity index (χ1n) is 3.62. The molecular weight excluding hydrogens is 289 g/mol. The number of para-hydroxylation sites is 2. The molecule has 0 radical (unpaired) electrons. The predicted octanol–water partition coefficient (Wildman–Crippen LogP) is 3.17. The van der Waals surface area contributed by atoms with Gasteiger partial charge in [0.2, 0.25) is 0 Å². The molecule has 0 bridgehead atoms. The molecule has 1 aromatic carbocycles. The van der Waals surface area contributed by atoms with Crippen molar-refractivity contribution in [2.45, 2.75) is 6.43 Å². The summed E-state index contributed by atoms with van der Waals surface area (Å²) in [7, 11) is 0. The molecule has 0 saturated carbocycles. The Morgan fingerprint density at radius 3 is 2.62 bits per heavy atom. The van der Waals surface area contributed by atoms with Crippen LogP contribution in [-0.2, 0) is 0 Å². The van der Waals surface area contributed by atoms with Crippen molar-refractivity contribution in [2.75, 3.05) is 0 Å². The number of hydrogen-bond acceptors (Lipinski definition) is 1. The van der Waals surface area contributed by atoms with Crippen LogP contribution in [0, 0.1) is 0 Å². The van der Waals surface area contributed by atoms with Crippen LogP contribution in [0.1, 0.15) is 12.2 Å². The molecule has 2 rings (SSSR count). The molecule has 1 aromatic heterocycles. The summed E-state index contributed by atoms with van der Waals surface area (Å²) in [5, 5.41) is 0. The quantitative estimate of drug-likeness (QED) is 0.739. The normalized spacial score (nSPS) is 11.4. The van der Waals surface area contributed by atoms with Gasteiger partial charge >= 0.3 is 0 Å². The minimum Gasteiger partial charge on any atom is -0.263 e. The summed E-state index contributed by atoms with van der Waals surface area (Å²) in [5.41, 5.74) is 1.32. The fourth-order valence-corrected chi connectivity index (χ4v) is 1.88. The summed E-state index contributed by atoms with van der Waals surface area (Å²) in [5.74, 6) is -0.193. The summed E-state index contributed by atoms with van der Waals surface area (Å²) in [6.07, 6.45) is -2.52. The second-order valence-corrected chi connectivity index (χ2v) is 3.51. The van der Waals surface area contributed by atoms with Crippen molar-refractivity contribution in [1.29, 1.82) is 0 Å². The minimum absolute atomic E-state index is 0.193. The maximum absolute atomic E-state index is 12.4. The topological polar surface area (TPSA) is 17.8 Å². The summed E-state index contributed by atoms with van der Waals surface area (Å²) in [4.78, 5) is 3.82. The molecular formula is C8H5F2IN2. The van der Waals surface area contributed by atoms with E-state index in [4.69, 9.17) is 0 Å². The van der Waals surface area contributed by atoms with Crippen LogP contribution in [0.2, 0.25) is 0 Å². The molecule has 0 unspecified atom stereocenters. The van der Waals surface area contributed by atoms with Gasteiger partial charge in [0.05, 0.1) is 33.9 Å². The van der Waals surface area contributed by atoms with E-state index in [1.807, 2.05) is 22.9 Å². The molecule has 0 fully saturated rings. The van der Waals surface area contributed by atoms with Crippen molar-refractivity contribution in [3.8, 4) is 0 Å². The third-order valence-electron chi connectivity index (χ3n) is 1.72. The highest BCUT2D eigenvalue weighted by molar-refractivity contribution is 14.1. The highest BCUT2D eigenvalue weighted by atomic mass is 127. The van der Waals surface area contributed by atoms with Crippen molar-refractivity contribution < 1.29 is 8.78 Å². The van der Waals surface area contributed by atoms with E-state index in [-0.39, 0.29) is 5.82 Å². The zero-order valence-corrected chi connectivity index (χ0v) is 8.57. The number of alkyl halides is 2. The first-order valence-corrected chi connectivity index (χ1v) is 4.58. The third-order valence-corrected chi connectivity index (χ3v) is 2.74. The number of aromatic nitrogens is 2. The van der Waals surface area contributed by atoms with E-state index < -0.39 is 6.43 Å². The van der Waals surface area contributed by atoms with Gasteiger partial charge in [0.25, 0.3) is 6.43 Å². The Balaban J connectivity index is 2.74. The molecule has 0 spiro atoms. The maximum atomic E-state index is 12.4. The summed E-state index contributed by atoms with van der Waals surface area (Å²) in [6.45, 7) is 0. The standard InChI is InChI=1S/C8H5F2IN2/c9-7(10)8-12-5-3-1-2-4-6(5)13(8)11/h1-4,7H. The third kappa shape index (κ3) is 1.41. The van der Waals surface area contributed by atoms with Gasteiger partial charge in [0.1, 0.15) is 0 Å². The highest BCUT2D eigenvalue weighted by Gasteiger charge is 2.16. The zero-order valence-electron chi connectivity index (χ0n) is 6.42. The number of hydrogen-bond donors (Lipinski definition) is 0. The van der Waals surface area contributed by atoms with E-state index in [9.17, 15) is 8.78 Å². The Kier molecular flexibility index (Phi) is 2.19. The van der Waals surface area contributed by atoms with Gasteiger partial charge in [-0.05, 0) is 12.1 Å². The lowest BCUT2D eigenvalue weighted by molar-refractivity contribution is 0.141. The number of halogens is 3. The lowest BCUT2D eigenvalue weighted by Crippen LogP contribution is -1.91. The SMILES string of the molecule is FC(F)c1nc2ccccc2n1I. The summed E-state index contributed by atoms with van der Waals surface area (Å²) >= 11 is 1.82. The molecule has 0 saturated heterocycles. The molecule has 2 nitrogen and oxygen atoms in total. The van der Waals surface area contributed by atoms with Gasteiger partial charge < -0.3 is 0 Å². The molecule has 68 valence electrons. The fraction of sp³-hybridized carbons (Fsp3) is 0.125. The van der Waals surface area contributed by atoms with E-state index in [1.165, 1.54) is 2.78 Å². The molecule has 0 N–H and O–H groups in total. The molecule has 0 aliphatic rings. The molecule has 1 heterocycles. The first kappa shape index (κ1) is 8.86. The Morgan fingerprint density at radius 1 is 1.31 bits per heavy atom. The molecule has 0 amide bonds. The van der Waals surface area contributed by atoms with E-state index in [1.54, 1.807) is 24.3 Å². The lowest BCUT2D eigenvalue weighted by atomic mass is 10.3. The molecule has 13 heavy (non-hydrogen) atoms. The van der Waals surface area contributed by atoms with Crippen LogP contribution in [0.5, 0.6) is 0 Å². The van der Waals surface area contributed by atoms with Crippen molar-refractivity contribution in [3.05, 3.63) is 30.1 Å². The molecule has 0 aliphatic heterocycles. The first-order chi connectivity index (χ1) is 6.20. The van der Waals surface area contributed by atoms with Crippen LogP contribution >= 0.6 is 22.9 Å². The summed E-state index contributed by atoms with van der Waals surface area (Å²) in [6, 6.07) is 7.06. The van der Waals surface area contributed by atoms with Gasteiger partial charge in [-0.15, -0.1) is 0 Å². The van der Waals surface area contributed by atoms with Gasteiger partial charge in [-0.25, -0.2) is 13.8 Å². The van der Waals surface area contributed by atoms with E-state index in [2.05, 4.69) is 4.98 Å². The van der Waals surface area contributed by atoms with E-state index in [0.717, 1.165) is 5.52 Å². The Morgan fingerprint density at radius 2 is 2.00 bits per heavy atom. The van der Waals surface area contributed by atoms with Crippen LogP contribution in [-0.4, -0.2) is 7.76 Å². The van der Waals surface area contributed by atoms with E-state index >= 15 is 0 Å². The van der Waals surface area contributed by atoms with Gasteiger partial charge in [0, 0.05) is 0 Å². The van der Waals surface area contributed by atoms with Crippen LogP contribution in [0.3, 0.4) is 0 Å². The van der Waals surface area contributed by atoms with Crippen LogP contribution in [0.15, 0.2) is 24.3 Å². The molecule has 2 aromatic rings. The molecule has 0 aliphatic carbocycles. The number of fused-ring (bicyclic) bond motifs is 1. The lowest BCUT2D eigenvalue weighted by Gasteiger charge is -1.96. The largest absolute Gasteiger partial charge is 0.296 e. The zero-order chi connectivity index (χ0) is 9.42. The average Bonchev–Trinajstić information content (AvgIpc) is 2.45. The Hall–Kier alpha value is -0.720. The number of imidazole rings is 1. The fourth-order valence-electron chi connectivity index (χ4n) is 1.15. The van der Waals surface area contributed by atoms with Gasteiger partial charge in [0.15, 0.2) is 5.82 Å². The average molecular weight is 294 g/mol. The number of benzene rings is 1. The maximum Gasteiger partial charge on any atom is 0.296 e.